The van der Waals surface area contributed by atoms with Gasteiger partial charge in [-0.1, -0.05) is 0 Å². The smallest absolute Gasteiger partial charge is 0.249 e. The number of amides is 1. The molecule has 3 fully saturated rings. The summed E-state index contributed by atoms with van der Waals surface area (Å²) in [5.74, 6) is -1.46. The maximum atomic E-state index is 13.1. The number of likely N-dealkylation sites (tertiary alicyclic amines) is 1. The number of imidazole rings is 1. The number of piperidine rings is 1. The van der Waals surface area contributed by atoms with E-state index in [0.29, 0.717) is 32.5 Å². The van der Waals surface area contributed by atoms with Gasteiger partial charge in [-0.15, -0.1) is 0 Å². The van der Waals surface area contributed by atoms with Gasteiger partial charge in [-0.3, -0.25) is 4.79 Å². The topological polar surface area (TPSA) is 50.6 Å². The highest BCUT2D eigenvalue weighted by Crippen LogP contribution is 2.45. The van der Waals surface area contributed by atoms with Crippen molar-refractivity contribution in [2.24, 2.45) is 11.8 Å². The van der Waals surface area contributed by atoms with Gasteiger partial charge in [0, 0.05) is 70.5 Å². The molecule has 3 heterocycles. The second-order valence-electron chi connectivity index (χ2n) is 9.49. The second-order valence-corrected chi connectivity index (χ2v) is 9.49. The summed E-state index contributed by atoms with van der Waals surface area (Å²) >= 11 is 0. The van der Waals surface area contributed by atoms with Gasteiger partial charge in [-0.25, -0.2) is 13.8 Å². The van der Waals surface area contributed by atoms with Crippen molar-refractivity contribution in [3.05, 3.63) is 17.7 Å². The molecule has 1 aromatic heterocycles. The number of aromatic nitrogens is 2. The highest BCUT2D eigenvalue weighted by atomic mass is 19.3. The molecule has 0 N–H and O–H groups in total. The number of rotatable bonds is 5. The summed E-state index contributed by atoms with van der Waals surface area (Å²) in [5.41, 5.74) is 0.771. The molecule has 29 heavy (non-hydrogen) atoms. The van der Waals surface area contributed by atoms with Crippen molar-refractivity contribution >= 4 is 5.91 Å². The van der Waals surface area contributed by atoms with Crippen LogP contribution in [0.3, 0.4) is 0 Å². The first-order chi connectivity index (χ1) is 13.9. The number of nitrogens with zero attached hydrogens (tertiary/aromatic N) is 4. The van der Waals surface area contributed by atoms with Crippen molar-refractivity contribution in [2.75, 3.05) is 33.3 Å². The molecule has 0 radical (unpaired) electrons. The summed E-state index contributed by atoms with van der Waals surface area (Å²) in [4.78, 5) is 21.4. The van der Waals surface area contributed by atoms with Crippen LogP contribution in [-0.2, 0) is 28.2 Å². The van der Waals surface area contributed by atoms with Crippen LogP contribution < -0.4 is 0 Å². The summed E-state index contributed by atoms with van der Waals surface area (Å²) in [6.07, 6.45) is 5.42. The average Bonchev–Trinajstić information content (AvgIpc) is 3.38. The molecule has 6 nitrogen and oxygen atoms in total. The quantitative estimate of drug-likeness (QED) is 0.752. The number of hydrogen-bond donors (Lipinski definition) is 0. The van der Waals surface area contributed by atoms with Crippen LogP contribution in [0.2, 0.25) is 0 Å². The molecule has 2 saturated carbocycles. The minimum Gasteiger partial charge on any atom is -0.365 e. The standard InChI is InChI=1S/C21H30F2N4O2/c1-25(13-15-2-3-15)14-17-12-24-19-20(29-9-8-27(17)19)4-6-26(7-5-20)18(28)16-10-21(22,23)11-16/h12,15-16H,2-11,13-14H2,1H3. The zero-order valence-corrected chi connectivity index (χ0v) is 17.1. The van der Waals surface area contributed by atoms with E-state index in [1.165, 1.54) is 18.5 Å². The number of carbonyl (C=O) groups is 1. The van der Waals surface area contributed by atoms with Gasteiger partial charge in [0.1, 0.15) is 11.4 Å². The Kier molecular flexibility index (Phi) is 4.70. The van der Waals surface area contributed by atoms with Crippen molar-refractivity contribution in [3.8, 4) is 0 Å². The van der Waals surface area contributed by atoms with E-state index in [0.717, 1.165) is 31.4 Å². The lowest BCUT2D eigenvalue weighted by molar-refractivity contribution is -0.167. The lowest BCUT2D eigenvalue weighted by atomic mass is 9.79. The highest BCUT2D eigenvalue weighted by Gasteiger charge is 2.51. The number of alkyl halides is 2. The first kappa shape index (κ1) is 19.4. The Morgan fingerprint density at radius 2 is 2.00 bits per heavy atom. The number of ether oxygens (including phenoxy) is 1. The SMILES string of the molecule is CN(Cc1cnc2n1CCOC21CCN(C(=O)C2CC(F)(F)C2)CC1)CC1CC1. The third-order valence-corrected chi connectivity index (χ3v) is 7.06. The molecule has 0 aromatic carbocycles. The van der Waals surface area contributed by atoms with Crippen LogP contribution in [-0.4, -0.2) is 64.5 Å². The van der Waals surface area contributed by atoms with E-state index in [4.69, 9.17) is 9.72 Å². The Balaban J connectivity index is 1.24. The third kappa shape index (κ3) is 3.69. The van der Waals surface area contributed by atoms with Crippen molar-refractivity contribution in [1.29, 1.82) is 0 Å². The maximum Gasteiger partial charge on any atom is 0.249 e. The van der Waals surface area contributed by atoms with Crippen molar-refractivity contribution in [2.45, 2.75) is 63.1 Å². The van der Waals surface area contributed by atoms with Crippen LogP contribution in [0.4, 0.5) is 8.78 Å². The fourth-order valence-electron chi connectivity index (χ4n) is 5.18. The monoisotopic (exact) mass is 408 g/mol. The van der Waals surface area contributed by atoms with E-state index in [1.807, 2.05) is 6.20 Å². The molecule has 160 valence electrons. The molecule has 1 aromatic rings. The lowest BCUT2D eigenvalue weighted by Crippen LogP contribution is -2.53. The van der Waals surface area contributed by atoms with Crippen molar-refractivity contribution in [1.82, 2.24) is 19.4 Å². The summed E-state index contributed by atoms with van der Waals surface area (Å²) < 4.78 is 34.8. The molecule has 4 aliphatic rings. The minimum absolute atomic E-state index is 0.118. The molecular weight excluding hydrogens is 378 g/mol. The molecule has 2 aliphatic heterocycles. The van der Waals surface area contributed by atoms with Crippen LogP contribution in [0.1, 0.15) is 50.0 Å². The van der Waals surface area contributed by atoms with Crippen molar-refractivity contribution in [3.63, 3.8) is 0 Å². The Bertz CT molecular complexity index is 776. The average molecular weight is 408 g/mol. The van der Waals surface area contributed by atoms with E-state index >= 15 is 0 Å². The molecule has 2 aliphatic carbocycles. The Morgan fingerprint density at radius 1 is 1.28 bits per heavy atom. The molecule has 0 atom stereocenters. The fourth-order valence-corrected chi connectivity index (χ4v) is 5.18. The van der Waals surface area contributed by atoms with Gasteiger partial charge in [0.05, 0.1) is 12.3 Å². The van der Waals surface area contributed by atoms with Crippen LogP contribution in [0.25, 0.3) is 0 Å². The zero-order valence-electron chi connectivity index (χ0n) is 17.1. The Hall–Kier alpha value is -1.54. The molecule has 8 heteroatoms. The largest absolute Gasteiger partial charge is 0.365 e. The second kappa shape index (κ2) is 7.01. The maximum absolute atomic E-state index is 13.1. The highest BCUT2D eigenvalue weighted by molar-refractivity contribution is 5.80. The van der Waals surface area contributed by atoms with Crippen LogP contribution in [0.15, 0.2) is 6.20 Å². The molecule has 0 unspecified atom stereocenters. The summed E-state index contributed by atoms with van der Waals surface area (Å²) in [6, 6.07) is 0. The van der Waals surface area contributed by atoms with E-state index in [1.54, 1.807) is 4.90 Å². The number of halogens is 2. The number of hydrogen-bond acceptors (Lipinski definition) is 4. The first-order valence-corrected chi connectivity index (χ1v) is 10.9. The van der Waals surface area contributed by atoms with Gasteiger partial charge in [0.2, 0.25) is 11.8 Å². The Morgan fingerprint density at radius 3 is 2.66 bits per heavy atom. The van der Waals surface area contributed by atoms with E-state index in [-0.39, 0.29) is 18.7 Å². The predicted molar refractivity (Wildman–Crippen MR) is 102 cm³/mol. The molecular formula is C21H30F2N4O2. The molecule has 1 spiro atoms. The van der Waals surface area contributed by atoms with Crippen LogP contribution >= 0.6 is 0 Å². The van der Waals surface area contributed by atoms with Gasteiger partial charge in [0.25, 0.3) is 0 Å². The molecule has 5 rings (SSSR count). The summed E-state index contributed by atoms with van der Waals surface area (Å²) in [5, 5.41) is 0. The molecule has 1 saturated heterocycles. The van der Waals surface area contributed by atoms with Crippen molar-refractivity contribution < 1.29 is 18.3 Å². The summed E-state index contributed by atoms with van der Waals surface area (Å²) in [7, 11) is 2.17. The zero-order chi connectivity index (χ0) is 20.2. The predicted octanol–water partition coefficient (Wildman–Crippen LogP) is 2.62. The normalized spacial score (nSPS) is 25.9. The first-order valence-electron chi connectivity index (χ1n) is 10.9. The van der Waals surface area contributed by atoms with Gasteiger partial charge in [0.15, 0.2) is 0 Å². The van der Waals surface area contributed by atoms with E-state index < -0.39 is 17.4 Å². The number of carbonyl (C=O) groups excluding carboxylic acids is 1. The fraction of sp³-hybridized carbons (Fsp3) is 0.810. The third-order valence-electron chi connectivity index (χ3n) is 7.06. The van der Waals surface area contributed by atoms with Gasteiger partial charge in [-0.05, 0) is 25.8 Å². The van der Waals surface area contributed by atoms with E-state index in [9.17, 15) is 13.6 Å². The van der Waals surface area contributed by atoms with Gasteiger partial charge < -0.3 is 19.1 Å². The summed E-state index contributed by atoms with van der Waals surface area (Å²) in [6.45, 7) is 4.57. The molecule has 0 bridgehead atoms. The molecule has 1 amide bonds. The minimum atomic E-state index is -2.66. The number of fused-ring (bicyclic) bond motifs is 2. The van der Waals surface area contributed by atoms with Gasteiger partial charge in [-0.2, -0.15) is 0 Å². The van der Waals surface area contributed by atoms with Crippen LogP contribution in [0, 0.1) is 11.8 Å². The van der Waals surface area contributed by atoms with Crippen LogP contribution in [0.5, 0.6) is 0 Å². The van der Waals surface area contributed by atoms with E-state index in [2.05, 4.69) is 16.5 Å². The lowest BCUT2D eigenvalue weighted by Gasteiger charge is -2.45. The Labute approximate surface area is 170 Å². The van der Waals surface area contributed by atoms with Gasteiger partial charge >= 0.3 is 0 Å².